The fourth-order valence-corrected chi connectivity index (χ4v) is 2.70. The topological polar surface area (TPSA) is 78.2 Å². The summed E-state index contributed by atoms with van der Waals surface area (Å²) in [4.78, 5) is 21.2. The summed E-state index contributed by atoms with van der Waals surface area (Å²) in [5.41, 5.74) is 4.44. The van der Waals surface area contributed by atoms with E-state index in [1.165, 1.54) is 12.1 Å². The van der Waals surface area contributed by atoms with Gasteiger partial charge in [-0.3, -0.25) is 15.5 Å². The van der Waals surface area contributed by atoms with Gasteiger partial charge >= 0.3 is 0 Å². The molecule has 9 heteroatoms. The first-order chi connectivity index (χ1) is 14.8. The highest BCUT2D eigenvalue weighted by atomic mass is 19.2. The molecular formula is C22H22F3N5O. The van der Waals surface area contributed by atoms with Gasteiger partial charge in [0.05, 0.1) is 18.2 Å². The molecule has 0 aliphatic carbocycles. The molecule has 1 amide bonds. The first-order valence-corrected chi connectivity index (χ1v) is 9.77. The summed E-state index contributed by atoms with van der Waals surface area (Å²) >= 11 is 0. The standard InChI is InChI=1S/C22H22F3N5O/c1-4-13(3)26-22(28-21(31)15-7-8-16(23)18(25)10-15)27-20-11-19(29-30-20)14-6-5-12(2)17(24)9-14/h5-10,13H,4,11H2,1-3H3,(H2,26,27,28,30,31). The second-order valence-corrected chi connectivity index (χ2v) is 7.16. The number of hydrogen-bond donors (Lipinski definition) is 2. The lowest BCUT2D eigenvalue weighted by atomic mass is 10.1. The highest BCUT2D eigenvalue weighted by Gasteiger charge is 2.18. The van der Waals surface area contributed by atoms with E-state index in [2.05, 4.69) is 25.8 Å². The lowest BCUT2D eigenvalue weighted by molar-refractivity contribution is 0.0976. The van der Waals surface area contributed by atoms with Crippen molar-refractivity contribution >= 4 is 23.4 Å². The average Bonchev–Trinajstić information content (AvgIpc) is 3.20. The molecule has 1 heterocycles. The number of amides is 1. The largest absolute Gasteiger partial charge is 0.291 e. The van der Waals surface area contributed by atoms with Gasteiger partial charge < -0.3 is 0 Å². The Morgan fingerprint density at radius 2 is 1.94 bits per heavy atom. The fraction of sp³-hybridized carbons (Fsp3) is 0.273. The quantitative estimate of drug-likeness (QED) is 0.567. The summed E-state index contributed by atoms with van der Waals surface area (Å²) in [6.45, 7) is 5.45. The first kappa shape index (κ1) is 22.2. The third-order valence-corrected chi connectivity index (χ3v) is 4.74. The molecule has 0 aromatic heterocycles. The highest BCUT2D eigenvalue weighted by molar-refractivity contribution is 6.18. The van der Waals surface area contributed by atoms with E-state index in [-0.39, 0.29) is 29.8 Å². The summed E-state index contributed by atoms with van der Waals surface area (Å²) in [6, 6.07) is 7.54. The Balaban J connectivity index is 1.79. The minimum Gasteiger partial charge on any atom is -0.291 e. The van der Waals surface area contributed by atoms with E-state index in [0.717, 1.165) is 12.1 Å². The molecule has 1 unspecified atom stereocenters. The Labute approximate surface area is 178 Å². The number of rotatable bonds is 4. The second kappa shape index (κ2) is 9.55. The molecule has 162 valence electrons. The van der Waals surface area contributed by atoms with Crippen LogP contribution in [0.2, 0.25) is 0 Å². The smallest absolute Gasteiger partial charge is 0.258 e. The number of aliphatic imine (C=N–C) groups is 2. The van der Waals surface area contributed by atoms with Crippen molar-refractivity contribution in [1.82, 2.24) is 10.7 Å². The van der Waals surface area contributed by atoms with Gasteiger partial charge in [0, 0.05) is 11.1 Å². The van der Waals surface area contributed by atoms with Crippen molar-refractivity contribution in [3.8, 4) is 0 Å². The number of hydrogen-bond acceptors (Lipinski definition) is 3. The van der Waals surface area contributed by atoms with Crippen LogP contribution in [0, 0.1) is 24.4 Å². The molecule has 0 saturated carbocycles. The summed E-state index contributed by atoms with van der Waals surface area (Å²) < 4.78 is 40.5. The predicted molar refractivity (Wildman–Crippen MR) is 114 cm³/mol. The first-order valence-electron chi connectivity index (χ1n) is 9.77. The van der Waals surface area contributed by atoms with Crippen LogP contribution in [0.3, 0.4) is 0 Å². The average molecular weight is 429 g/mol. The van der Waals surface area contributed by atoms with Crippen molar-refractivity contribution in [3.63, 3.8) is 0 Å². The monoisotopic (exact) mass is 429 g/mol. The second-order valence-electron chi connectivity index (χ2n) is 7.16. The van der Waals surface area contributed by atoms with Crippen LogP contribution < -0.4 is 10.7 Å². The van der Waals surface area contributed by atoms with Crippen molar-refractivity contribution in [2.24, 2.45) is 15.1 Å². The Kier molecular flexibility index (Phi) is 6.84. The maximum atomic E-state index is 13.9. The Hall–Kier alpha value is -3.49. The SMILES string of the molecule is CCC(C)N=C(N=C1CC(c2ccc(C)c(F)c2)=NN1)NC(=O)c1ccc(F)c(F)c1. The summed E-state index contributed by atoms with van der Waals surface area (Å²) in [6.07, 6.45) is 0.982. The summed E-state index contributed by atoms with van der Waals surface area (Å²) in [5.74, 6) is -2.76. The van der Waals surface area contributed by atoms with E-state index in [1.54, 1.807) is 19.1 Å². The molecular weight excluding hydrogens is 407 g/mol. The number of benzene rings is 2. The number of carbonyl (C=O) groups excluding carboxylic acids is 1. The predicted octanol–water partition coefficient (Wildman–Crippen LogP) is 4.09. The number of guanidine groups is 1. The lowest BCUT2D eigenvalue weighted by Gasteiger charge is -2.09. The van der Waals surface area contributed by atoms with Crippen LogP contribution in [-0.2, 0) is 0 Å². The van der Waals surface area contributed by atoms with E-state index in [1.807, 2.05) is 13.8 Å². The molecule has 0 fully saturated rings. The van der Waals surface area contributed by atoms with Gasteiger partial charge in [-0.2, -0.15) is 10.1 Å². The van der Waals surface area contributed by atoms with Crippen molar-refractivity contribution in [2.45, 2.75) is 39.7 Å². The molecule has 3 rings (SSSR count). The molecule has 1 aliphatic rings. The van der Waals surface area contributed by atoms with Crippen molar-refractivity contribution < 1.29 is 18.0 Å². The number of nitrogens with one attached hydrogen (secondary N) is 2. The van der Waals surface area contributed by atoms with Crippen LogP contribution in [-0.4, -0.2) is 29.5 Å². The molecule has 0 radical (unpaired) electrons. The molecule has 2 N–H and O–H groups in total. The zero-order valence-corrected chi connectivity index (χ0v) is 17.3. The van der Waals surface area contributed by atoms with E-state index >= 15 is 0 Å². The van der Waals surface area contributed by atoms with Crippen LogP contribution in [0.1, 0.15) is 48.2 Å². The number of carbonyl (C=O) groups is 1. The molecule has 2 aromatic carbocycles. The fourth-order valence-electron chi connectivity index (χ4n) is 2.70. The molecule has 0 saturated heterocycles. The number of nitrogens with zero attached hydrogens (tertiary/aromatic N) is 3. The van der Waals surface area contributed by atoms with Gasteiger partial charge in [-0.05, 0) is 50.1 Å². The van der Waals surface area contributed by atoms with Crippen molar-refractivity contribution in [3.05, 3.63) is 70.5 Å². The van der Waals surface area contributed by atoms with Gasteiger partial charge in [-0.1, -0.05) is 19.1 Å². The maximum Gasteiger partial charge on any atom is 0.258 e. The third-order valence-electron chi connectivity index (χ3n) is 4.74. The number of halogens is 3. The van der Waals surface area contributed by atoms with Gasteiger partial charge in [-0.15, -0.1) is 0 Å². The zero-order valence-electron chi connectivity index (χ0n) is 17.3. The minimum absolute atomic E-state index is 0.0121. The van der Waals surface area contributed by atoms with Crippen LogP contribution in [0.25, 0.3) is 0 Å². The molecule has 31 heavy (non-hydrogen) atoms. The van der Waals surface area contributed by atoms with Crippen LogP contribution in [0.5, 0.6) is 0 Å². The van der Waals surface area contributed by atoms with Crippen LogP contribution in [0.15, 0.2) is 51.5 Å². The Bertz CT molecular complexity index is 1090. The van der Waals surface area contributed by atoms with E-state index in [0.29, 0.717) is 29.1 Å². The Morgan fingerprint density at radius 1 is 1.16 bits per heavy atom. The van der Waals surface area contributed by atoms with Gasteiger partial charge in [0.1, 0.15) is 11.7 Å². The highest BCUT2D eigenvalue weighted by Crippen LogP contribution is 2.14. The van der Waals surface area contributed by atoms with Gasteiger partial charge in [0.2, 0.25) is 5.96 Å². The van der Waals surface area contributed by atoms with E-state index < -0.39 is 17.5 Å². The molecule has 1 aliphatic heterocycles. The van der Waals surface area contributed by atoms with Crippen LogP contribution in [0.4, 0.5) is 13.2 Å². The summed E-state index contributed by atoms with van der Waals surface area (Å²) in [7, 11) is 0. The Morgan fingerprint density at radius 3 is 2.61 bits per heavy atom. The minimum atomic E-state index is -1.12. The number of hydrazone groups is 1. The van der Waals surface area contributed by atoms with Crippen molar-refractivity contribution in [1.29, 1.82) is 0 Å². The number of amidine groups is 1. The summed E-state index contributed by atoms with van der Waals surface area (Å²) in [5, 5.41) is 6.71. The van der Waals surface area contributed by atoms with Gasteiger partial charge in [-0.25, -0.2) is 18.2 Å². The number of aryl methyl sites for hydroxylation is 1. The van der Waals surface area contributed by atoms with Gasteiger partial charge in [0.25, 0.3) is 5.91 Å². The maximum absolute atomic E-state index is 13.9. The molecule has 2 aromatic rings. The molecule has 0 bridgehead atoms. The molecule has 1 atom stereocenters. The third kappa shape index (κ3) is 5.56. The zero-order chi connectivity index (χ0) is 22.5. The van der Waals surface area contributed by atoms with Crippen LogP contribution >= 0.6 is 0 Å². The molecule has 0 spiro atoms. The normalized spacial score (nSPS) is 16.1. The van der Waals surface area contributed by atoms with E-state index in [9.17, 15) is 18.0 Å². The van der Waals surface area contributed by atoms with E-state index in [4.69, 9.17) is 0 Å². The lowest BCUT2D eigenvalue weighted by Crippen LogP contribution is -2.32. The van der Waals surface area contributed by atoms with Gasteiger partial charge in [0.15, 0.2) is 11.6 Å². The molecule has 6 nitrogen and oxygen atoms in total. The van der Waals surface area contributed by atoms with Crippen molar-refractivity contribution in [2.75, 3.05) is 0 Å².